The number of hydrogen-bond donors (Lipinski definition) is 1. The number of rotatable bonds is 6. The Morgan fingerprint density at radius 3 is 2.67 bits per heavy atom. The van der Waals surface area contributed by atoms with Gasteiger partial charge in [-0.25, -0.2) is 4.98 Å². The van der Waals surface area contributed by atoms with Gasteiger partial charge >= 0.3 is 0 Å². The van der Waals surface area contributed by atoms with E-state index in [1.54, 1.807) is 18.6 Å². The van der Waals surface area contributed by atoms with Gasteiger partial charge in [0.1, 0.15) is 5.82 Å². The smallest absolute Gasteiger partial charge is 0.225 e. The molecule has 0 bridgehead atoms. The third kappa shape index (κ3) is 5.28. The Labute approximate surface area is 162 Å². The third-order valence-corrected chi connectivity index (χ3v) is 5.15. The van der Waals surface area contributed by atoms with Gasteiger partial charge in [0, 0.05) is 25.5 Å². The van der Waals surface area contributed by atoms with Gasteiger partial charge in [0.2, 0.25) is 5.91 Å². The summed E-state index contributed by atoms with van der Waals surface area (Å²) in [7, 11) is 0. The summed E-state index contributed by atoms with van der Waals surface area (Å²) in [6, 6.07) is 8.63. The van der Waals surface area contributed by atoms with Crippen LogP contribution in [-0.4, -0.2) is 29.0 Å². The Morgan fingerprint density at radius 1 is 1.22 bits per heavy atom. The molecular weight excluding hydrogens is 336 g/mol. The summed E-state index contributed by atoms with van der Waals surface area (Å²) in [5, 5.41) is 3.20. The average molecular weight is 367 g/mol. The van der Waals surface area contributed by atoms with E-state index in [9.17, 15) is 4.79 Å². The standard InChI is InChI=1S/C22H30N4O/c1-16(2)13-18-6-8-19(9-7-18)17(3)25-22(27)20-5-4-12-26(15-20)21-14-23-10-11-24-21/h6-11,14,16-17,20H,4-5,12-13,15H2,1-3H3,(H,25,27)/t17-,20-/m0/s1. The summed E-state index contributed by atoms with van der Waals surface area (Å²) in [6.45, 7) is 8.13. The van der Waals surface area contributed by atoms with E-state index in [-0.39, 0.29) is 17.9 Å². The summed E-state index contributed by atoms with van der Waals surface area (Å²) < 4.78 is 0. The minimum atomic E-state index is -0.0107. The van der Waals surface area contributed by atoms with Gasteiger partial charge in [-0.3, -0.25) is 9.78 Å². The van der Waals surface area contributed by atoms with Crippen LogP contribution in [0.4, 0.5) is 5.82 Å². The maximum atomic E-state index is 12.8. The normalized spacial score (nSPS) is 18.4. The van der Waals surface area contributed by atoms with Gasteiger partial charge in [-0.15, -0.1) is 0 Å². The van der Waals surface area contributed by atoms with E-state index in [4.69, 9.17) is 0 Å². The molecule has 3 rings (SSSR count). The van der Waals surface area contributed by atoms with Crippen LogP contribution in [0.25, 0.3) is 0 Å². The van der Waals surface area contributed by atoms with E-state index in [0.717, 1.165) is 37.2 Å². The second kappa shape index (κ2) is 8.98. The lowest BCUT2D eigenvalue weighted by molar-refractivity contribution is -0.125. The van der Waals surface area contributed by atoms with Crippen molar-refractivity contribution in [3.63, 3.8) is 0 Å². The molecule has 2 atom stereocenters. The van der Waals surface area contributed by atoms with E-state index >= 15 is 0 Å². The van der Waals surface area contributed by atoms with Gasteiger partial charge in [0.25, 0.3) is 0 Å². The fraction of sp³-hybridized carbons (Fsp3) is 0.500. The Kier molecular flexibility index (Phi) is 6.43. The maximum Gasteiger partial charge on any atom is 0.225 e. The number of benzene rings is 1. The monoisotopic (exact) mass is 366 g/mol. The predicted molar refractivity (Wildman–Crippen MR) is 109 cm³/mol. The molecule has 27 heavy (non-hydrogen) atoms. The summed E-state index contributed by atoms with van der Waals surface area (Å²) >= 11 is 0. The number of anilines is 1. The molecule has 5 nitrogen and oxygen atoms in total. The zero-order valence-electron chi connectivity index (χ0n) is 16.6. The van der Waals surface area contributed by atoms with Crippen LogP contribution in [0, 0.1) is 11.8 Å². The Morgan fingerprint density at radius 2 is 2.00 bits per heavy atom. The van der Waals surface area contributed by atoms with Crippen molar-refractivity contribution in [3.8, 4) is 0 Å². The van der Waals surface area contributed by atoms with E-state index in [2.05, 4.69) is 65.2 Å². The van der Waals surface area contributed by atoms with Crippen LogP contribution in [-0.2, 0) is 11.2 Å². The first kappa shape index (κ1) is 19.3. The van der Waals surface area contributed by atoms with Gasteiger partial charge in [-0.2, -0.15) is 0 Å². The molecule has 1 aliphatic heterocycles. The van der Waals surface area contributed by atoms with Gasteiger partial charge in [-0.1, -0.05) is 38.1 Å². The molecule has 1 aliphatic rings. The molecule has 1 N–H and O–H groups in total. The van der Waals surface area contributed by atoms with Gasteiger partial charge in [0.15, 0.2) is 0 Å². The molecule has 1 fully saturated rings. The highest BCUT2D eigenvalue weighted by molar-refractivity contribution is 5.80. The molecular formula is C22H30N4O. The SMILES string of the molecule is CC(C)Cc1ccc([C@H](C)NC(=O)[C@H]2CCCN(c3cnccn3)C2)cc1. The van der Waals surface area contributed by atoms with Crippen LogP contribution >= 0.6 is 0 Å². The Balaban J connectivity index is 1.57. The average Bonchev–Trinajstić information content (AvgIpc) is 2.69. The van der Waals surface area contributed by atoms with Gasteiger partial charge < -0.3 is 10.2 Å². The zero-order chi connectivity index (χ0) is 19.2. The fourth-order valence-corrected chi connectivity index (χ4v) is 3.68. The molecule has 1 aromatic carbocycles. The van der Waals surface area contributed by atoms with Crippen molar-refractivity contribution in [2.75, 3.05) is 18.0 Å². The van der Waals surface area contributed by atoms with E-state index < -0.39 is 0 Å². The first-order valence-corrected chi connectivity index (χ1v) is 9.93. The topological polar surface area (TPSA) is 58.1 Å². The van der Waals surface area contributed by atoms with Crippen LogP contribution in [0.5, 0.6) is 0 Å². The van der Waals surface area contributed by atoms with Crippen molar-refractivity contribution in [2.45, 2.75) is 46.1 Å². The molecule has 2 aromatic rings. The Hall–Kier alpha value is -2.43. The number of hydrogen-bond acceptors (Lipinski definition) is 4. The number of carbonyl (C=O) groups is 1. The van der Waals surface area contributed by atoms with Crippen LogP contribution in [0.2, 0.25) is 0 Å². The minimum absolute atomic E-state index is 0.0107. The van der Waals surface area contributed by atoms with Crippen molar-refractivity contribution < 1.29 is 4.79 Å². The quantitative estimate of drug-likeness (QED) is 0.845. The summed E-state index contributed by atoms with van der Waals surface area (Å²) in [5.74, 6) is 1.62. The third-order valence-electron chi connectivity index (χ3n) is 5.15. The lowest BCUT2D eigenvalue weighted by Crippen LogP contribution is -2.44. The first-order chi connectivity index (χ1) is 13.0. The van der Waals surface area contributed by atoms with E-state index in [0.29, 0.717) is 12.5 Å². The maximum absolute atomic E-state index is 12.8. The highest BCUT2D eigenvalue weighted by atomic mass is 16.2. The number of carbonyl (C=O) groups excluding carboxylic acids is 1. The fourth-order valence-electron chi connectivity index (χ4n) is 3.68. The van der Waals surface area contributed by atoms with Crippen molar-refractivity contribution in [1.82, 2.24) is 15.3 Å². The molecule has 0 radical (unpaired) electrons. The van der Waals surface area contributed by atoms with Crippen molar-refractivity contribution in [2.24, 2.45) is 11.8 Å². The van der Waals surface area contributed by atoms with Crippen molar-refractivity contribution in [3.05, 3.63) is 54.0 Å². The molecule has 1 amide bonds. The highest BCUT2D eigenvalue weighted by Gasteiger charge is 2.27. The van der Waals surface area contributed by atoms with Crippen molar-refractivity contribution >= 4 is 11.7 Å². The molecule has 0 spiro atoms. The number of amides is 1. The number of nitrogens with zero attached hydrogens (tertiary/aromatic N) is 3. The largest absolute Gasteiger partial charge is 0.355 e. The van der Waals surface area contributed by atoms with E-state index in [1.165, 1.54) is 5.56 Å². The van der Waals surface area contributed by atoms with Gasteiger partial charge in [0.05, 0.1) is 18.2 Å². The zero-order valence-corrected chi connectivity index (χ0v) is 16.6. The Bertz CT molecular complexity index is 730. The van der Waals surface area contributed by atoms with Crippen LogP contribution < -0.4 is 10.2 Å². The highest BCUT2D eigenvalue weighted by Crippen LogP contribution is 2.22. The molecule has 2 heterocycles. The molecule has 1 saturated heterocycles. The summed E-state index contributed by atoms with van der Waals surface area (Å²) in [4.78, 5) is 23.5. The molecule has 5 heteroatoms. The molecule has 0 aliphatic carbocycles. The van der Waals surface area contributed by atoms with Crippen LogP contribution in [0.3, 0.4) is 0 Å². The van der Waals surface area contributed by atoms with Crippen molar-refractivity contribution in [1.29, 1.82) is 0 Å². The second-order valence-corrected chi connectivity index (χ2v) is 7.92. The summed E-state index contributed by atoms with van der Waals surface area (Å²) in [6.07, 6.45) is 8.13. The molecule has 144 valence electrons. The summed E-state index contributed by atoms with van der Waals surface area (Å²) in [5.41, 5.74) is 2.50. The predicted octanol–water partition coefficient (Wildman–Crippen LogP) is 3.77. The number of piperidine rings is 1. The lowest BCUT2D eigenvalue weighted by Gasteiger charge is -2.33. The molecule has 0 unspecified atom stereocenters. The van der Waals surface area contributed by atoms with Crippen LogP contribution in [0.15, 0.2) is 42.9 Å². The second-order valence-electron chi connectivity index (χ2n) is 7.92. The van der Waals surface area contributed by atoms with Gasteiger partial charge in [-0.05, 0) is 43.2 Å². The first-order valence-electron chi connectivity index (χ1n) is 9.93. The molecule has 1 aromatic heterocycles. The minimum Gasteiger partial charge on any atom is -0.355 e. The number of nitrogens with one attached hydrogen (secondary N) is 1. The van der Waals surface area contributed by atoms with Crippen LogP contribution in [0.1, 0.15) is 50.8 Å². The lowest BCUT2D eigenvalue weighted by atomic mass is 9.96. The number of aromatic nitrogens is 2. The molecule has 0 saturated carbocycles. The van der Waals surface area contributed by atoms with E-state index in [1.807, 2.05) is 0 Å².